The molecule has 1 amide bonds. The van der Waals surface area contributed by atoms with Crippen LogP contribution in [-0.4, -0.2) is 61.1 Å². The molecule has 50 heavy (non-hydrogen) atoms. The van der Waals surface area contributed by atoms with Gasteiger partial charge in [-0.3, -0.25) is 9.69 Å². The van der Waals surface area contributed by atoms with Gasteiger partial charge in [0.05, 0.1) is 4.90 Å². The van der Waals surface area contributed by atoms with Crippen molar-refractivity contribution < 1.29 is 48.3 Å². The molecule has 0 radical (unpaired) electrons. The second-order valence-electron chi connectivity index (χ2n) is 13.5. The molecule has 3 atom stereocenters. The van der Waals surface area contributed by atoms with Crippen LogP contribution in [0.5, 0.6) is 0 Å². The third-order valence-electron chi connectivity index (χ3n) is 10.9. The second kappa shape index (κ2) is 12.6. The van der Waals surface area contributed by atoms with Crippen LogP contribution in [0.3, 0.4) is 0 Å². The van der Waals surface area contributed by atoms with Gasteiger partial charge in [0.1, 0.15) is 16.1 Å². The Kier molecular flexibility index (Phi) is 9.15. The number of carbonyl (C=O) groups is 1. The van der Waals surface area contributed by atoms with E-state index in [1.165, 1.54) is 0 Å². The molecular weight excluding hydrogens is 692 g/mol. The molecule has 2 fully saturated rings. The average molecular weight is 729 g/mol. The summed E-state index contributed by atoms with van der Waals surface area (Å²) in [5.41, 5.74) is -7.81. The van der Waals surface area contributed by atoms with Gasteiger partial charge in [-0.1, -0.05) is 68.3 Å². The maximum absolute atomic E-state index is 15.2. The minimum absolute atomic E-state index is 0.0476. The number of nitrogens with zero attached hydrogens (tertiary/aromatic N) is 2. The molecule has 0 aromatic heterocycles. The minimum atomic E-state index is -6.35. The number of likely N-dealkylation sites (tertiary alicyclic amines) is 2. The number of rotatable bonds is 9. The van der Waals surface area contributed by atoms with E-state index in [1.807, 2.05) is 42.2 Å². The van der Waals surface area contributed by atoms with Crippen molar-refractivity contribution in [3.05, 3.63) is 101 Å². The number of alkyl halides is 7. The Morgan fingerprint density at radius 2 is 1.52 bits per heavy atom. The van der Waals surface area contributed by atoms with Crippen molar-refractivity contribution in [1.82, 2.24) is 9.80 Å². The molecular formula is C36H36F8N2O3S. The lowest BCUT2D eigenvalue weighted by atomic mass is 9.75. The van der Waals surface area contributed by atoms with Gasteiger partial charge in [-0.15, -0.1) is 0 Å². The molecule has 6 rings (SSSR count). The van der Waals surface area contributed by atoms with Crippen LogP contribution in [-0.2, 0) is 38.0 Å². The van der Waals surface area contributed by atoms with Crippen molar-refractivity contribution in [2.75, 3.05) is 13.1 Å². The molecule has 0 unspecified atom stereocenters. The molecule has 3 aromatic rings. The summed E-state index contributed by atoms with van der Waals surface area (Å²) in [5.74, 6) is -0.893. The number of carbonyl (C=O) groups excluding carboxylic acids is 1. The van der Waals surface area contributed by atoms with Crippen molar-refractivity contribution in [2.24, 2.45) is 0 Å². The fourth-order valence-electron chi connectivity index (χ4n) is 8.46. The second-order valence-corrected chi connectivity index (χ2v) is 15.7. The normalized spacial score (nSPS) is 24.8. The molecule has 0 spiro atoms. The maximum Gasteiger partial charge on any atom is 0.435 e. The zero-order valence-electron chi connectivity index (χ0n) is 27.1. The van der Waals surface area contributed by atoms with Crippen LogP contribution >= 0.6 is 0 Å². The van der Waals surface area contributed by atoms with Gasteiger partial charge >= 0.3 is 18.0 Å². The summed E-state index contributed by atoms with van der Waals surface area (Å²) < 4.78 is 140. The number of hydrogen-bond acceptors (Lipinski definition) is 4. The van der Waals surface area contributed by atoms with Gasteiger partial charge in [0.25, 0.3) is 0 Å². The smallest absolute Gasteiger partial charge is 0.337 e. The molecule has 0 bridgehead atoms. The number of aryl methyl sites for hydroxylation is 1. The van der Waals surface area contributed by atoms with E-state index < -0.39 is 55.6 Å². The maximum atomic E-state index is 15.2. The van der Waals surface area contributed by atoms with Crippen LogP contribution in [0.25, 0.3) is 0 Å². The van der Waals surface area contributed by atoms with Gasteiger partial charge in [0.2, 0.25) is 5.91 Å². The van der Waals surface area contributed by atoms with E-state index in [4.69, 9.17) is 0 Å². The van der Waals surface area contributed by atoms with Crippen molar-refractivity contribution >= 4 is 15.7 Å². The van der Waals surface area contributed by atoms with E-state index in [9.17, 15) is 43.9 Å². The highest BCUT2D eigenvalue weighted by Crippen LogP contribution is 2.58. The van der Waals surface area contributed by atoms with Crippen LogP contribution < -0.4 is 0 Å². The van der Waals surface area contributed by atoms with Gasteiger partial charge in [-0.25, -0.2) is 17.2 Å². The van der Waals surface area contributed by atoms with Crippen molar-refractivity contribution in [3.63, 3.8) is 0 Å². The number of halogens is 8. The lowest BCUT2D eigenvalue weighted by molar-refractivity contribution is -0.348. The van der Waals surface area contributed by atoms with Gasteiger partial charge < -0.3 is 4.90 Å². The lowest BCUT2D eigenvalue weighted by Crippen LogP contribution is -2.60. The molecule has 270 valence electrons. The Labute approximate surface area is 285 Å². The van der Waals surface area contributed by atoms with Crippen molar-refractivity contribution in [1.29, 1.82) is 0 Å². The first kappa shape index (κ1) is 36.3. The number of benzene rings is 3. The highest BCUT2D eigenvalue weighted by molar-refractivity contribution is 7.92. The van der Waals surface area contributed by atoms with Gasteiger partial charge in [-0.2, -0.15) is 26.3 Å². The topological polar surface area (TPSA) is 57.7 Å². The summed E-state index contributed by atoms with van der Waals surface area (Å²) in [4.78, 5) is 17.8. The van der Waals surface area contributed by atoms with Crippen LogP contribution in [0.2, 0.25) is 0 Å². The van der Waals surface area contributed by atoms with Crippen LogP contribution in [0, 0.1) is 5.82 Å². The predicted molar refractivity (Wildman–Crippen MR) is 169 cm³/mol. The Balaban J connectivity index is 1.50. The summed E-state index contributed by atoms with van der Waals surface area (Å²) in [6.45, 7) is 2.77. The van der Waals surface area contributed by atoms with E-state index in [0.29, 0.717) is 44.5 Å². The van der Waals surface area contributed by atoms with Gasteiger partial charge in [-0.05, 0) is 73.1 Å². The molecule has 3 aliphatic rings. The number of hydrogen-bond donors (Lipinski definition) is 0. The Morgan fingerprint density at radius 1 is 0.860 bits per heavy atom. The van der Waals surface area contributed by atoms with Crippen molar-refractivity contribution in [3.8, 4) is 0 Å². The molecule has 5 nitrogen and oxygen atoms in total. The van der Waals surface area contributed by atoms with Crippen LogP contribution in [0.1, 0.15) is 67.7 Å². The van der Waals surface area contributed by atoms with E-state index in [2.05, 4.69) is 0 Å². The van der Waals surface area contributed by atoms with Gasteiger partial charge in [0.15, 0.2) is 9.84 Å². The molecule has 0 N–H and O–H groups in total. The number of unbranched alkanes of at least 4 members (excludes halogenated alkanes) is 1. The number of sulfone groups is 1. The molecule has 2 saturated heterocycles. The zero-order chi connectivity index (χ0) is 36.3. The molecule has 0 saturated carbocycles. The first-order valence-electron chi connectivity index (χ1n) is 16.5. The fraction of sp³-hybridized carbons (Fsp3) is 0.472. The van der Waals surface area contributed by atoms with E-state index in [0.717, 1.165) is 42.3 Å². The van der Waals surface area contributed by atoms with Crippen molar-refractivity contribution in [2.45, 2.75) is 97.7 Å². The van der Waals surface area contributed by atoms with E-state index in [1.54, 1.807) is 4.90 Å². The molecule has 14 heteroatoms. The van der Waals surface area contributed by atoms with Crippen LogP contribution in [0.15, 0.2) is 77.7 Å². The standard InChI is InChI=1S/C36H36F8N2O3S/c1-2-3-17-32(18-20-45(31(32)47)23-24-7-5-4-6-8-24)46-21-19-33(50(48,49)28-13-11-27(37)12-14-28)29-15-10-26(22-25(29)9-16-30(33)46)34(38,35(39,40)41)36(42,43)44/h4-8,10-15,22,30H,2-3,9,16-21,23H2,1H3/t30-,32-,33-/m1/s1. The Bertz CT molecular complexity index is 1840. The summed E-state index contributed by atoms with van der Waals surface area (Å²) in [6.07, 6.45) is -10.9. The third kappa shape index (κ3) is 5.43. The lowest BCUT2D eigenvalue weighted by Gasteiger charge is -2.48. The SMILES string of the molecule is CCCC[C@@]1(N2CC[C@@]3(S(=O)(=O)c4ccc(F)cc4)c4ccc(C(F)(C(F)(F)F)C(F)(F)F)cc4CC[C@@H]23)CCN(Cc2ccccc2)C1=O. The summed E-state index contributed by atoms with van der Waals surface area (Å²) in [6, 6.07) is 14.2. The Hall–Kier alpha value is -3.52. The van der Waals surface area contributed by atoms with E-state index >= 15 is 4.39 Å². The highest BCUT2D eigenvalue weighted by Gasteiger charge is 2.74. The largest absolute Gasteiger partial charge is 0.435 e. The first-order valence-corrected chi connectivity index (χ1v) is 18.0. The number of amides is 1. The predicted octanol–water partition coefficient (Wildman–Crippen LogP) is 8.17. The zero-order valence-corrected chi connectivity index (χ0v) is 27.9. The molecule has 3 aromatic carbocycles. The summed E-state index contributed by atoms with van der Waals surface area (Å²) in [7, 11) is -4.56. The minimum Gasteiger partial charge on any atom is -0.337 e. The summed E-state index contributed by atoms with van der Waals surface area (Å²) in [5, 5.41) is 0. The monoisotopic (exact) mass is 728 g/mol. The molecule has 2 heterocycles. The summed E-state index contributed by atoms with van der Waals surface area (Å²) >= 11 is 0. The third-order valence-corrected chi connectivity index (χ3v) is 13.4. The van der Waals surface area contributed by atoms with Crippen LogP contribution in [0.4, 0.5) is 35.1 Å². The quantitative estimate of drug-likeness (QED) is 0.165. The van der Waals surface area contributed by atoms with Gasteiger partial charge in [0, 0.05) is 31.2 Å². The number of fused-ring (bicyclic) bond motifs is 3. The first-order chi connectivity index (χ1) is 23.4. The average Bonchev–Trinajstić information content (AvgIpc) is 3.62. The fourth-order valence-corrected chi connectivity index (χ4v) is 10.8. The Morgan fingerprint density at radius 3 is 2.14 bits per heavy atom. The highest BCUT2D eigenvalue weighted by atomic mass is 32.2. The van der Waals surface area contributed by atoms with E-state index in [-0.39, 0.29) is 47.7 Å². The molecule has 2 aliphatic heterocycles. The molecule has 1 aliphatic carbocycles.